The van der Waals surface area contributed by atoms with E-state index >= 15 is 0 Å². The molecule has 0 spiro atoms. The van der Waals surface area contributed by atoms with Crippen LogP contribution in [0.1, 0.15) is 36.6 Å². The molecule has 0 saturated carbocycles. The van der Waals surface area contributed by atoms with Crippen LogP contribution in [0, 0.1) is 19.8 Å². The first kappa shape index (κ1) is 11.1. The lowest BCUT2D eigenvalue weighted by molar-refractivity contribution is 0.235. The fourth-order valence-corrected chi connectivity index (χ4v) is 3.19. The van der Waals surface area contributed by atoms with Crippen molar-refractivity contribution in [2.24, 2.45) is 5.92 Å². The Morgan fingerprint density at radius 2 is 2.12 bits per heavy atom. The van der Waals surface area contributed by atoms with E-state index in [0.717, 1.165) is 19.0 Å². The molecule has 1 saturated heterocycles. The Morgan fingerprint density at radius 3 is 2.88 bits per heavy atom. The van der Waals surface area contributed by atoms with Crippen molar-refractivity contribution in [1.29, 1.82) is 0 Å². The summed E-state index contributed by atoms with van der Waals surface area (Å²) in [5, 5.41) is 11.8. The largest absolute Gasteiger partial charge is 0.370 e. The van der Waals surface area contributed by atoms with Gasteiger partial charge in [-0.2, -0.15) is 5.10 Å². The lowest BCUT2D eigenvalue weighted by atomic mass is 9.89. The first-order chi connectivity index (χ1) is 8.27. The summed E-state index contributed by atoms with van der Waals surface area (Å²) in [6.07, 6.45) is 3.86. The van der Waals surface area contributed by atoms with Crippen molar-refractivity contribution in [3.63, 3.8) is 0 Å². The van der Waals surface area contributed by atoms with Crippen molar-refractivity contribution in [1.82, 2.24) is 15.1 Å². The van der Waals surface area contributed by atoms with E-state index in [1.807, 2.05) is 0 Å². The van der Waals surface area contributed by atoms with Gasteiger partial charge in [0.2, 0.25) is 0 Å². The number of aromatic nitrogens is 2. The van der Waals surface area contributed by atoms with Crippen molar-refractivity contribution in [2.45, 2.75) is 39.2 Å². The van der Waals surface area contributed by atoms with Crippen LogP contribution in [0.3, 0.4) is 0 Å². The van der Waals surface area contributed by atoms with Crippen molar-refractivity contribution >= 4 is 5.82 Å². The molecule has 17 heavy (non-hydrogen) atoms. The normalized spacial score (nSPS) is 28.6. The number of rotatable bonds is 1. The minimum Gasteiger partial charge on any atom is -0.370 e. The summed E-state index contributed by atoms with van der Waals surface area (Å²) >= 11 is 0. The second kappa shape index (κ2) is 4.33. The third-order valence-electron chi connectivity index (χ3n) is 4.31. The molecule has 2 unspecified atom stereocenters. The second-order valence-corrected chi connectivity index (χ2v) is 5.39. The van der Waals surface area contributed by atoms with Crippen LogP contribution in [0.15, 0.2) is 0 Å². The zero-order chi connectivity index (χ0) is 11.8. The molecule has 0 amide bonds. The van der Waals surface area contributed by atoms with Crippen LogP contribution in [0.4, 0.5) is 5.82 Å². The van der Waals surface area contributed by atoms with Crippen LogP contribution in [-0.2, 0) is 0 Å². The van der Waals surface area contributed by atoms with Crippen molar-refractivity contribution in [3.8, 4) is 0 Å². The number of aryl methyl sites for hydroxylation is 1. The lowest BCUT2D eigenvalue weighted by Crippen LogP contribution is -2.38. The smallest absolute Gasteiger partial charge is 0.127 e. The van der Waals surface area contributed by atoms with Crippen LogP contribution in [-0.4, -0.2) is 29.4 Å². The molecular formula is C13H22N4. The summed E-state index contributed by atoms with van der Waals surface area (Å²) < 4.78 is 2.26. The van der Waals surface area contributed by atoms with E-state index in [1.54, 1.807) is 0 Å². The van der Waals surface area contributed by atoms with Crippen LogP contribution in [0.25, 0.3) is 0 Å². The molecule has 4 heteroatoms. The zero-order valence-corrected chi connectivity index (χ0v) is 10.8. The van der Waals surface area contributed by atoms with Gasteiger partial charge >= 0.3 is 0 Å². The molecule has 0 bridgehead atoms. The third-order valence-corrected chi connectivity index (χ3v) is 4.31. The van der Waals surface area contributed by atoms with Gasteiger partial charge in [-0.05, 0) is 52.1 Å². The molecule has 2 aliphatic heterocycles. The van der Waals surface area contributed by atoms with Gasteiger partial charge in [0.05, 0.1) is 11.7 Å². The van der Waals surface area contributed by atoms with Crippen LogP contribution in [0.2, 0.25) is 0 Å². The number of anilines is 1. The SMILES string of the molecule is Cc1nn2c(c1C)NCCC2C1CCCNC1. The molecule has 94 valence electrons. The maximum absolute atomic E-state index is 4.73. The quantitative estimate of drug-likeness (QED) is 0.779. The Kier molecular flexibility index (Phi) is 2.82. The van der Waals surface area contributed by atoms with Gasteiger partial charge < -0.3 is 10.6 Å². The number of nitrogens with zero attached hydrogens (tertiary/aromatic N) is 2. The standard InChI is InChI=1S/C13H22N4/c1-9-10(2)16-17-12(5-7-15-13(9)17)11-4-3-6-14-8-11/h11-12,14-15H,3-8H2,1-2H3. The molecule has 3 heterocycles. The molecule has 2 N–H and O–H groups in total. The van der Waals surface area contributed by atoms with E-state index in [4.69, 9.17) is 5.10 Å². The Labute approximate surface area is 103 Å². The first-order valence-electron chi connectivity index (χ1n) is 6.77. The third kappa shape index (κ3) is 1.84. The molecule has 3 rings (SSSR count). The van der Waals surface area contributed by atoms with Gasteiger partial charge in [0.1, 0.15) is 5.82 Å². The Balaban J connectivity index is 1.90. The highest BCUT2D eigenvalue weighted by molar-refractivity contribution is 5.48. The molecule has 2 atom stereocenters. The molecule has 2 aliphatic rings. The minimum atomic E-state index is 0.589. The van der Waals surface area contributed by atoms with Crippen LogP contribution < -0.4 is 10.6 Å². The molecule has 0 aliphatic carbocycles. The number of piperidine rings is 1. The average Bonchev–Trinajstić information content (AvgIpc) is 2.67. The van der Waals surface area contributed by atoms with Gasteiger partial charge in [-0.3, -0.25) is 0 Å². The maximum atomic E-state index is 4.73. The number of nitrogens with one attached hydrogen (secondary N) is 2. The van der Waals surface area contributed by atoms with Crippen molar-refractivity contribution in [2.75, 3.05) is 25.0 Å². The summed E-state index contributed by atoms with van der Waals surface area (Å²) in [7, 11) is 0. The Hall–Kier alpha value is -1.03. The predicted molar refractivity (Wildman–Crippen MR) is 69.4 cm³/mol. The molecule has 1 fully saturated rings. The fraction of sp³-hybridized carbons (Fsp3) is 0.769. The second-order valence-electron chi connectivity index (χ2n) is 5.39. The van der Waals surface area contributed by atoms with Gasteiger partial charge in [0.25, 0.3) is 0 Å². The van der Waals surface area contributed by atoms with Gasteiger partial charge in [-0.15, -0.1) is 0 Å². The summed E-state index contributed by atoms with van der Waals surface area (Å²) in [6, 6.07) is 0.589. The van der Waals surface area contributed by atoms with Crippen LogP contribution in [0.5, 0.6) is 0 Å². The van der Waals surface area contributed by atoms with Gasteiger partial charge in [0, 0.05) is 12.1 Å². The predicted octanol–water partition coefficient (Wildman–Crippen LogP) is 1.86. The van der Waals surface area contributed by atoms with Crippen LogP contribution >= 0.6 is 0 Å². The summed E-state index contributed by atoms with van der Waals surface area (Å²) in [5.41, 5.74) is 2.49. The number of hydrogen-bond acceptors (Lipinski definition) is 3. The van der Waals surface area contributed by atoms with Gasteiger partial charge in [-0.1, -0.05) is 0 Å². The van der Waals surface area contributed by atoms with Crippen molar-refractivity contribution < 1.29 is 0 Å². The van der Waals surface area contributed by atoms with Gasteiger partial charge in [0.15, 0.2) is 0 Å². The lowest BCUT2D eigenvalue weighted by Gasteiger charge is -2.35. The first-order valence-corrected chi connectivity index (χ1v) is 6.77. The summed E-state index contributed by atoms with van der Waals surface area (Å²) in [4.78, 5) is 0. The number of fused-ring (bicyclic) bond motifs is 1. The molecule has 1 aromatic heterocycles. The molecule has 4 nitrogen and oxygen atoms in total. The topological polar surface area (TPSA) is 41.9 Å². The fourth-order valence-electron chi connectivity index (χ4n) is 3.19. The highest BCUT2D eigenvalue weighted by Gasteiger charge is 2.30. The van der Waals surface area contributed by atoms with E-state index in [-0.39, 0.29) is 0 Å². The highest BCUT2D eigenvalue weighted by Crippen LogP contribution is 2.35. The van der Waals surface area contributed by atoms with Crippen molar-refractivity contribution in [3.05, 3.63) is 11.3 Å². The average molecular weight is 234 g/mol. The van der Waals surface area contributed by atoms with E-state index < -0.39 is 0 Å². The molecule has 0 aromatic carbocycles. The van der Waals surface area contributed by atoms with E-state index in [0.29, 0.717) is 6.04 Å². The highest BCUT2D eigenvalue weighted by atomic mass is 15.4. The van der Waals surface area contributed by atoms with E-state index in [1.165, 1.54) is 42.9 Å². The maximum Gasteiger partial charge on any atom is 0.127 e. The zero-order valence-electron chi connectivity index (χ0n) is 10.8. The summed E-state index contributed by atoms with van der Waals surface area (Å²) in [6.45, 7) is 7.71. The van der Waals surface area contributed by atoms with E-state index in [2.05, 4.69) is 29.2 Å². The molecular weight excluding hydrogens is 212 g/mol. The van der Waals surface area contributed by atoms with Gasteiger partial charge in [-0.25, -0.2) is 4.68 Å². The molecule has 1 aromatic rings. The monoisotopic (exact) mass is 234 g/mol. The molecule has 0 radical (unpaired) electrons. The number of hydrogen-bond donors (Lipinski definition) is 2. The summed E-state index contributed by atoms with van der Waals surface area (Å²) in [5.74, 6) is 2.01. The Bertz CT molecular complexity index is 404. The van der Waals surface area contributed by atoms with E-state index in [9.17, 15) is 0 Å². The Morgan fingerprint density at radius 1 is 1.24 bits per heavy atom. The minimum absolute atomic E-state index is 0.589.